The van der Waals surface area contributed by atoms with Crippen molar-refractivity contribution in [2.45, 2.75) is 37.4 Å². The van der Waals surface area contributed by atoms with Gasteiger partial charge in [-0.25, -0.2) is 4.79 Å². The van der Waals surface area contributed by atoms with Gasteiger partial charge >= 0.3 is 5.97 Å². The van der Waals surface area contributed by atoms with E-state index < -0.39 is 11.6 Å². The zero-order valence-electron chi connectivity index (χ0n) is 20.9. The third-order valence-electron chi connectivity index (χ3n) is 7.70. The highest BCUT2D eigenvalue weighted by molar-refractivity contribution is 7.12. The SMILES string of the molecule is C=CCc1ccc(OCCC[N+]23CCC(CC2)[C@@H](OC(=O)C(O)(c2cccs2)c2cccs2)C3)cc1.[Br-]. The van der Waals surface area contributed by atoms with E-state index in [0.29, 0.717) is 22.3 Å². The quantitative estimate of drug-likeness (QED) is 0.158. The van der Waals surface area contributed by atoms with Gasteiger partial charge in [0.05, 0.1) is 36.0 Å². The van der Waals surface area contributed by atoms with Crippen molar-refractivity contribution < 1.29 is 40.8 Å². The molecule has 5 nitrogen and oxygen atoms in total. The summed E-state index contributed by atoms with van der Waals surface area (Å²) in [6.45, 7) is 8.52. The van der Waals surface area contributed by atoms with Crippen LogP contribution in [0.3, 0.4) is 0 Å². The molecule has 0 spiro atoms. The smallest absolute Gasteiger partial charge is 0.349 e. The molecular weight excluding hydrogens is 570 g/mol. The largest absolute Gasteiger partial charge is 1.00 e. The van der Waals surface area contributed by atoms with Crippen LogP contribution < -0.4 is 21.7 Å². The highest BCUT2D eigenvalue weighted by Crippen LogP contribution is 2.40. The van der Waals surface area contributed by atoms with Gasteiger partial charge in [-0.3, -0.25) is 0 Å². The molecule has 3 aromatic rings. The van der Waals surface area contributed by atoms with Gasteiger partial charge in [-0.05, 0) is 47.0 Å². The van der Waals surface area contributed by atoms with Gasteiger partial charge in [-0.2, -0.15) is 0 Å². The van der Waals surface area contributed by atoms with Gasteiger partial charge < -0.3 is 36.0 Å². The minimum atomic E-state index is -1.74. The number of piperidine rings is 3. The van der Waals surface area contributed by atoms with E-state index in [-0.39, 0.29) is 23.1 Å². The fourth-order valence-corrected chi connectivity index (χ4v) is 7.38. The average molecular weight is 605 g/mol. The number of aliphatic hydroxyl groups is 1. The van der Waals surface area contributed by atoms with Gasteiger partial charge in [0.1, 0.15) is 12.3 Å². The Bertz CT molecular complexity index is 1110. The highest BCUT2D eigenvalue weighted by atomic mass is 79.9. The van der Waals surface area contributed by atoms with Crippen LogP contribution in [0, 0.1) is 5.92 Å². The fourth-order valence-electron chi connectivity index (χ4n) is 5.66. The standard InChI is InChI=1S/C29H34NO4S2.BrH/c1-2-6-22-9-11-24(12-10-22)33-18-5-15-30-16-13-23(14-17-30)25(21-30)34-28(31)29(32,26-7-3-19-35-26)27-8-4-20-36-27;/h2-4,7-12,19-20,23,25,32H,1,5-6,13-18,21H2;1H/q+1;/p-1/t23?,25-,30?;/m0./s1. The molecule has 0 amide bonds. The van der Waals surface area contributed by atoms with Crippen molar-refractivity contribution >= 4 is 28.6 Å². The van der Waals surface area contributed by atoms with E-state index in [2.05, 4.69) is 18.7 Å². The van der Waals surface area contributed by atoms with Crippen LogP contribution in [-0.2, 0) is 21.6 Å². The Kier molecular flexibility index (Phi) is 9.29. The number of nitrogens with zero attached hydrogens (tertiary/aromatic N) is 1. The Morgan fingerprint density at radius 2 is 1.73 bits per heavy atom. The van der Waals surface area contributed by atoms with E-state index in [1.165, 1.54) is 28.2 Å². The predicted octanol–water partition coefficient (Wildman–Crippen LogP) is 2.40. The van der Waals surface area contributed by atoms with Gasteiger partial charge in [0.25, 0.3) is 0 Å². The molecule has 5 heterocycles. The summed E-state index contributed by atoms with van der Waals surface area (Å²) in [5.74, 6) is 0.719. The maximum absolute atomic E-state index is 13.5. The van der Waals surface area contributed by atoms with Crippen molar-refractivity contribution in [3.63, 3.8) is 0 Å². The molecule has 3 aliphatic heterocycles. The lowest BCUT2D eigenvalue weighted by atomic mass is 9.83. The molecule has 37 heavy (non-hydrogen) atoms. The molecule has 198 valence electrons. The summed E-state index contributed by atoms with van der Waals surface area (Å²) in [5.41, 5.74) is -0.508. The second kappa shape index (κ2) is 12.3. The molecule has 2 aromatic heterocycles. The second-order valence-corrected chi connectivity index (χ2v) is 11.9. The minimum Gasteiger partial charge on any atom is -1.00 e. The van der Waals surface area contributed by atoms with Crippen LogP contribution in [0.25, 0.3) is 0 Å². The normalized spacial score (nSPS) is 22.7. The molecular formula is C29H34BrNO4S2. The van der Waals surface area contributed by atoms with Crippen molar-refractivity contribution in [1.29, 1.82) is 0 Å². The first-order valence-corrected chi connectivity index (χ1v) is 14.5. The highest BCUT2D eigenvalue weighted by Gasteiger charge is 2.51. The lowest BCUT2D eigenvalue weighted by Crippen LogP contribution is -3.00. The van der Waals surface area contributed by atoms with Crippen LogP contribution >= 0.6 is 22.7 Å². The first-order chi connectivity index (χ1) is 17.5. The van der Waals surface area contributed by atoms with Crippen molar-refractivity contribution in [3.8, 4) is 5.75 Å². The molecule has 6 rings (SSSR count). The molecule has 3 saturated heterocycles. The number of carbonyl (C=O) groups is 1. The van der Waals surface area contributed by atoms with E-state index in [1.54, 1.807) is 0 Å². The number of benzene rings is 1. The maximum atomic E-state index is 13.5. The molecule has 1 aromatic carbocycles. The number of hydrogen-bond donors (Lipinski definition) is 1. The fraction of sp³-hybridized carbons (Fsp3) is 0.414. The van der Waals surface area contributed by atoms with E-state index in [9.17, 15) is 9.90 Å². The number of rotatable bonds is 11. The first kappa shape index (κ1) is 28.0. The van der Waals surface area contributed by atoms with Crippen molar-refractivity contribution in [3.05, 3.63) is 87.3 Å². The van der Waals surface area contributed by atoms with Gasteiger partial charge in [-0.15, -0.1) is 29.3 Å². The molecule has 8 heteroatoms. The summed E-state index contributed by atoms with van der Waals surface area (Å²) in [6.07, 6.45) is 5.67. The number of hydrogen-bond acceptors (Lipinski definition) is 6. The van der Waals surface area contributed by atoms with Crippen LogP contribution in [0.2, 0.25) is 0 Å². The first-order valence-electron chi connectivity index (χ1n) is 12.7. The Morgan fingerprint density at radius 1 is 1.08 bits per heavy atom. The van der Waals surface area contributed by atoms with Crippen LogP contribution in [0.4, 0.5) is 0 Å². The molecule has 0 radical (unpaired) electrons. The lowest BCUT2D eigenvalue weighted by Gasteiger charge is -2.52. The lowest BCUT2D eigenvalue weighted by molar-refractivity contribution is -0.946. The van der Waals surface area contributed by atoms with Gasteiger partial charge in [0.15, 0.2) is 6.10 Å². The number of quaternary nitrogens is 1. The predicted molar refractivity (Wildman–Crippen MR) is 144 cm³/mol. The summed E-state index contributed by atoms with van der Waals surface area (Å²) in [4.78, 5) is 14.7. The molecule has 3 aliphatic rings. The second-order valence-electron chi connectivity index (χ2n) is 9.98. The molecule has 0 unspecified atom stereocenters. The molecule has 1 N–H and O–H groups in total. The minimum absolute atomic E-state index is 0. The molecule has 0 saturated carbocycles. The average Bonchev–Trinajstić information content (AvgIpc) is 3.64. The molecule has 1 atom stereocenters. The third-order valence-corrected chi connectivity index (χ3v) is 9.66. The number of allylic oxidation sites excluding steroid dienone is 1. The number of thiophene rings is 2. The Morgan fingerprint density at radius 3 is 2.30 bits per heavy atom. The van der Waals surface area contributed by atoms with E-state index in [4.69, 9.17) is 9.47 Å². The summed E-state index contributed by atoms with van der Waals surface area (Å²) in [5, 5.41) is 15.4. The molecule has 2 bridgehead atoms. The van der Waals surface area contributed by atoms with E-state index >= 15 is 0 Å². The summed E-state index contributed by atoms with van der Waals surface area (Å²) < 4.78 is 13.1. The summed E-state index contributed by atoms with van der Waals surface area (Å²) in [6, 6.07) is 15.6. The molecule has 3 fully saturated rings. The topological polar surface area (TPSA) is 55.8 Å². The van der Waals surface area contributed by atoms with E-state index in [0.717, 1.165) is 62.1 Å². The number of halogens is 1. The zero-order valence-corrected chi connectivity index (χ0v) is 24.1. The summed E-state index contributed by atoms with van der Waals surface area (Å²) in [7, 11) is 0. The zero-order chi connectivity index (χ0) is 25.0. The van der Waals surface area contributed by atoms with Crippen LogP contribution in [0.5, 0.6) is 5.75 Å². The van der Waals surface area contributed by atoms with Crippen molar-refractivity contribution in [1.82, 2.24) is 0 Å². The van der Waals surface area contributed by atoms with Crippen molar-refractivity contribution in [2.75, 3.05) is 32.8 Å². The Balaban J connectivity index is 0.00000320. The Labute approximate surface area is 237 Å². The van der Waals surface area contributed by atoms with E-state index in [1.807, 2.05) is 53.2 Å². The Hall–Kier alpha value is -1.97. The number of esters is 1. The monoisotopic (exact) mass is 603 g/mol. The maximum Gasteiger partial charge on any atom is 0.349 e. The number of ether oxygens (including phenoxy) is 2. The number of fused-ring (bicyclic) bond motifs is 3. The van der Waals surface area contributed by atoms with Crippen LogP contribution in [-0.4, -0.2) is 54.4 Å². The third kappa shape index (κ3) is 6.04. The molecule has 0 aliphatic carbocycles. The van der Waals surface area contributed by atoms with Gasteiger partial charge in [0, 0.05) is 25.2 Å². The van der Waals surface area contributed by atoms with Crippen LogP contribution in [0.15, 0.2) is 71.9 Å². The van der Waals surface area contributed by atoms with Gasteiger partial charge in [-0.1, -0.05) is 30.3 Å². The van der Waals surface area contributed by atoms with Crippen LogP contribution in [0.1, 0.15) is 34.6 Å². The number of carbonyl (C=O) groups excluding carboxylic acids is 1. The summed E-state index contributed by atoms with van der Waals surface area (Å²) >= 11 is 2.76. The van der Waals surface area contributed by atoms with Gasteiger partial charge in [0.2, 0.25) is 5.60 Å². The van der Waals surface area contributed by atoms with Crippen molar-refractivity contribution in [2.24, 2.45) is 5.92 Å².